The zero-order valence-electron chi connectivity index (χ0n) is 15.0. The van der Waals surface area contributed by atoms with Crippen LogP contribution < -0.4 is 10.6 Å². The van der Waals surface area contributed by atoms with Gasteiger partial charge in [-0.3, -0.25) is 14.5 Å². The first-order valence-electron chi connectivity index (χ1n) is 8.47. The second kappa shape index (κ2) is 9.89. The molecule has 0 spiro atoms. The summed E-state index contributed by atoms with van der Waals surface area (Å²) in [5.74, 6) is -0.392. The van der Waals surface area contributed by atoms with E-state index < -0.39 is 0 Å². The van der Waals surface area contributed by atoms with Crippen molar-refractivity contribution in [3.8, 4) is 0 Å². The lowest BCUT2D eigenvalue weighted by Crippen LogP contribution is -2.39. The van der Waals surface area contributed by atoms with Gasteiger partial charge in [-0.1, -0.05) is 36.7 Å². The number of para-hydroxylation sites is 1. The highest BCUT2D eigenvalue weighted by atomic mass is 35.5. The van der Waals surface area contributed by atoms with E-state index >= 15 is 0 Å². The second-order valence-electron chi connectivity index (χ2n) is 5.96. The minimum absolute atomic E-state index is 0.0975. The molecule has 1 heterocycles. The van der Waals surface area contributed by atoms with Crippen molar-refractivity contribution in [2.24, 2.45) is 0 Å². The smallest absolute Gasteiger partial charge is 0.238 e. The van der Waals surface area contributed by atoms with Gasteiger partial charge in [0.15, 0.2) is 5.15 Å². The maximum absolute atomic E-state index is 12.3. The Balaban J connectivity index is 1.93. The summed E-state index contributed by atoms with van der Waals surface area (Å²) in [6, 6.07) is 11.0. The molecule has 0 aliphatic carbocycles. The zero-order valence-corrected chi connectivity index (χ0v) is 15.7. The highest BCUT2D eigenvalue weighted by molar-refractivity contribution is 6.32. The first kappa shape index (κ1) is 19.9. The van der Waals surface area contributed by atoms with Gasteiger partial charge in [0, 0.05) is 11.9 Å². The van der Waals surface area contributed by atoms with Crippen LogP contribution in [-0.4, -0.2) is 41.3 Å². The second-order valence-corrected chi connectivity index (χ2v) is 6.32. The predicted molar refractivity (Wildman–Crippen MR) is 104 cm³/mol. The third-order valence-electron chi connectivity index (χ3n) is 3.73. The van der Waals surface area contributed by atoms with E-state index in [-0.39, 0.29) is 30.1 Å². The normalized spacial score (nSPS) is 10.6. The Morgan fingerprint density at radius 1 is 1.04 bits per heavy atom. The van der Waals surface area contributed by atoms with E-state index in [1.54, 1.807) is 23.2 Å². The fourth-order valence-corrected chi connectivity index (χ4v) is 2.67. The SMILES string of the molecule is CCCN(CC(=O)Nc1ccccc1C)CC(=O)Nc1cccnc1Cl. The lowest BCUT2D eigenvalue weighted by molar-refractivity contribution is -0.120. The first-order chi connectivity index (χ1) is 12.5. The maximum Gasteiger partial charge on any atom is 0.238 e. The van der Waals surface area contributed by atoms with Crippen LogP contribution in [0.25, 0.3) is 0 Å². The van der Waals surface area contributed by atoms with Gasteiger partial charge < -0.3 is 10.6 Å². The van der Waals surface area contributed by atoms with Crippen LogP contribution in [0.15, 0.2) is 42.6 Å². The van der Waals surface area contributed by atoms with Gasteiger partial charge >= 0.3 is 0 Å². The Bertz CT molecular complexity index is 705. The Hall–Kier alpha value is -2.44. The number of benzene rings is 1. The number of anilines is 2. The summed E-state index contributed by atoms with van der Waals surface area (Å²) in [6.45, 7) is 4.80. The number of aryl methyl sites for hydroxylation is 1. The highest BCUT2D eigenvalue weighted by Gasteiger charge is 2.15. The van der Waals surface area contributed by atoms with Gasteiger partial charge in [-0.05, 0) is 43.7 Å². The van der Waals surface area contributed by atoms with Crippen molar-refractivity contribution >= 4 is 34.8 Å². The molecule has 0 aliphatic rings. The Kier molecular flexibility index (Phi) is 7.56. The van der Waals surface area contributed by atoms with E-state index in [9.17, 15) is 9.59 Å². The fourth-order valence-electron chi connectivity index (χ4n) is 2.51. The molecule has 0 aliphatic heterocycles. The average molecular weight is 375 g/mol. The number of hydrogen-bond donors (Lipinski definition) is 2. The van der Waals surface area contributed by atoms with Gasteiger partial charge in [-0.15, -0.1) is 0 Å². The quantitative estimate of drug-likeness (QED) is 0.695. The Morgan fingerprint density at radius 3 is 2.27 bits per heavy atom. The van der Waals surface area contributed by atoms with Crippen molar-refractivity contribution in [3.05, 3.63) is 53.3 Å². The molecule has 0 fully saturated rings. The van der Waals surface area contributed by atoms with Gasteiger partial charge in [0.25, 0.3) is 0 Å². The third kappa shape index (κ3) is 6.13. The molecule has 2 rings (SSSR count). The van der Waals surface area contributed by atoms with Crippen LogP contribution in [0.2, 0.25) is 5.15 Å². The van der Waals surface area contributed by atoms with Crippen LogP contribution in [0, 0.1) is 6.92 Å². The van der Waals surface area contributed by atoms with Gasteiger partial charge in [-0.25, -0.2) is 4.98 Å². The molecule has 0 radical (unpaired) electrons. The first-order valence-corrected chi connectivity index (χ1v) is 8.85. The molecular formula is C19H23ClN4O2. The van der Waals surface area contributed by atoms with Crippen LogP contribution in [0.3, 0.4) is 0 Å². The van der Waals surface area contributed by atoms with Gasteiger partial charge in [0.05, 0.1) is 18.8 Å². The Morgan fingerprint density at radius 2 is 1.65 bits per heavy atom. The summed E-state index contributed by atoms with van der Waals surface area (Å²) in [5.41, 5.74) is 2.23. The van der Waals surface area contributed by atoms with E-state index in [4.69, 9.17) is 11.6 Å². The summed E-state index contributed by atoms with van der Waals surface area (Å²) in [6.07, 6.45) is 2.38. The number of aromatic nitrogens is 1. The molecule has 2 amide bonds. The number of carbonyl (C=O) groups is 2. The lowest BCUT2D eigenvalue weighted by Gasteiger charge is -2.21. The summed E-state index contributed by atoms with van der Waals surface area (Å²) in [5, 5.41) is 5.85. The van der Waals surface area contributed by atoms with Crippen LogP contribution in [0.5, 0.6) is 0 Å². The van der Waals surface area contributed by atoms with Crippen LogP contribution in [0.4, 0.5) is 11.4 Å². The summed E-state index contributed by atoms with van der Waals surface area (Å²) < 4.78 is 0. The number of pyridine rings is 1. The third-order valence-corrected chi connectivity index (χ3v) is 4.03. The molecule has 6 nitrogen and oxygen atoms in total. The summed E-state index contributed by atoms with van der Waals surface area (Å²) >= 11 is 5.95. The molecule has 0 atom stereocenters. The number of halogens is 1. The van der Waals surface area contributed by atoms with Crippen molar-refractivity contribution in [3.63, 3.8) is 0 Å². The number of carbonyl (C=O) groups excluding carboxylic acids is 2. The van der Waals surface area contributed by atoms with Gasteiger partial charge in [0.2, 0.25) is 11.8 Å². The minimum atomic E-state index is -0.239. The van der Waals surface area contributed by atoms with Crippen LogP contribution >= 0.6 is 11.6 Å². The highest BCUT2D eigenvalue weighted by Crippen LogP contribution is 2.17. The van der Waals surface area contributed by atoms with E-state index in [2.05, 4.69) is 15.6 Å². The molecular weight excluding hydrogens is 352 g/mol. The predicted octanol–water partition coefficient (Wildman–Crippen LogP) is 3.33. The zero-order chi connectivity index (χ0) is 18.9. The van der Waals surface area contributed by atoms with E-state index in [1.165, 1.54) is 0 Å². The van der Waals surface area contributed by atoms with Crippen molar-refractivity contribution in [2.75, 3.05) is 30.3 Å². The minimum Gasteiger partial charge on any atom is -0.325 e. The fraction of sp³-hybridized carbons (Fsp3) is 0.316. The van der Waals surface area contributed by atoms with E-state index in [0.717, 1.165) is 17.7 Å². The molecule has 0 bridgehead atoms. The van der Waals surface area contributed by atoms with Crippen LogP contribution in [-0.2, 0) is 9.59 Å². The molecule has 0 unspecified atom stereocenters. The molecule has 2 aromatic rings. The number of nitrogens with one attached hydrogen (secondary N) is 2. The molecule has 7 heteroatoms. The molecule has 2 N–H and O–H groups in total. The molecule has 26 heavy (non-hydrogen) atoms. The Labute approximate surface area is 158 Å². The monoisotopic (exact) mass is 374 g/mol. The van der Waals surface area contributed by atoms with Gasteiger partial charge in [-0.2, -0.15) is 0 Å². The maximum atomic E-state index is 12.3. The largest absolute Gasteiger partial charge is 0.325 e. The lowest BCUT2D eigenvalue weighted by atomic mass is 10.2. The molecule has 1 aromatic carbocycles. The van der Waals surface area contributed by atoms with Crippen LogP contribution in [0.1, 0.15) is 18.9 Å². The average Bonchev–Trinajstić information content (AvgIpc) is 2.59. The molecule has 0 saturated carbocycles. The van der Waals surface area contributed by atoms with Crippen molar-refractivity contribution in [1.29, 1.82) is 0 Å². The standard InChI is InChI=1S/C19H23ClN4O2/c1-3-11-24(12-17(25)22-15-8-5-4-7-14(15)2)13-18(26)23-16-9-6-10-21-19(16)20/h4-10H,3,11-13H2,1-2H3,(H,22,25)(H,23,26). The number of amides is 2. The van der Waals surface area contributed by atoms with E-state index in [1.807, 2.05) is 38.1 Å². The van der Waals surface area contributed by atoms with Crippen molar-refractivity contribution in [1.82, 2.24) is 9.88 Å². The summed E-state index contributed by atoms with van der Waals surface area (Å²) in [7, 11) is 0. The summed E-state index contributed by atoms with van der Waals surface area (Å²) in [4.78, 5) is 30.3. The number of hydrogen-bond acceptors (Lipinski definition) is 4. The van der Waals surface area contributed by atoms with Gasteiger partial charge in [0.1, 0.15) is 0 Å². The number of nitrogens with zero attached hydrogens (tertiary/aromatic N) is 2. The molecule has 1 aromatic heterocycles. The molecule has 0 saturated heterocycles. The van der Waals surface area contributed by atoms with Crippen molar-refractivity contribution < 1.29 is 9.59 Å². The van der Waals surface area contributed by atoms with E-state index in [0.29, 0.717) is 12.2 Å². The topological polar surface area (TPSA) is 74.3 Å². The number of rotatable bonds is 8. The molecule has 138 valence electrons. The van der Waals surface area contributed by atoms with Crippen molar-refractivity contribution in [2.45, 2.75) is 20.3 Å².